The molecule has 1 saturated heterocycles. The number of rotatable bonds is 3. The van der Waals surface area contributed by atoms with E-state index in [0.717, 1.165) is 36.5 Å². The van der Waals surface area contributed by atoms with Crippen molar-refractivity contribution in [3.63, 3.8) is 0 Å². The number of hydrogen-bond acceptors (Lipinski definition) is 3. The lowest BCUT2D eigenvalue weighted by Crippen LogP contribution is -2.32. The minimum absolute atomic E-state index is 0.448. The van der Waals surface area contributed by atoms with Gasteiger partial charge in [-0.15, -0.1) is 0 Å². The Morgan fingerprint density at radius 3 is 2.87 bits per heavy atom. The zero-order valence-corrected chi connectivity index (χ0v) is 13.5. The van der Waals surface area contributed by atoms with Crippen LogP contribution in [0.4, 0.5) is 0 Å². The molecule has 1 N–H and O–H groups in total. The van der Waals surface area contributed by atoms with Gasteiger partial charge in [-0.1, -0.05) is 29.8 Å². The Bertz CT molecular complexity index is 798. The number of pyridine rings is 1. The molecule has 1 unspecified atom stereocenters. The van der Waals surface area contributed by atoms with Gasteiger partial charge in [-0.25, -0.2) is 9.97 Å². The smallest absolute Gasteiger partial charge is 0.160 e. The molecule has 1 aromatic carbocycles. The van der Waals surface area contributed by atoms with Crippen LogP contribution in [-0.4, -0.2) is 27.6 Å². The Morgan fingerprint density at radius 2 is 2.09 bits per heavy atom. The van der Waals surface area contributed by atoms with E-state index in [1.807, 2.05) is 12.3 Å². The molecule has 4 nitrogen and oxygen atoms in total. The summed E-state index contributed by atoms with van der Waals surface area (Å²) < 4.78 is 2.36. The minimum atomic E-state index is 0.448. The van der Waals surface area contributed by atoms with Crippen LogP contribution in [0.15, 0.2) is 42.6 Å². The first-order valence-corrected chi connectivity index (χ1v) is 8.39. The number of benzene rings is 1. The molecule has 3 aromatic rings. The molecule has 1 aliphatic rings. The van der Waals surface area contributed by atoms with Gasteiger partial charge in [-0.05, 0) is 44.0 Å². The fourth-order valence-electron chi connectivity index (χ4n) is 3.43. The molecule has 4 heteroatoms. The predicted molar refractivity (Wildman–Crippen MR) is 92.7 cm³/mol. The standard InChI is InChI=1S/C19H22N4/c1-14-6-8-15(9-7-14)12-18-22-17-5-3-11-21-19(17)23(18)16-4-2-10-20-13-16/h3,5-9,11,16,20H,2,4,10,12-13H2,1H3. The molecule has 3 heterocycles. The van der Waals surface area contributed by atoms with E-state index in [1.54, 1.807) is 0 Å². The average Bonchev–Trinajstić information content (AvgIpc) is 2.95. The first kappa shape index (κ1) is 14.4. The van der Waals surface area contributed by atoms with Gasteiger partial charge in [0.2, 0.25) is 0 Å². The van der Waals surface area contributed by atoms with Crippen LogP contribution in [0, 0.1) is 6.92 Å². The van der Waals surface area contributed by atoms with Gasteiger partial charge in [0.25, 0.3) is 0 Å². The number of nitrogens with one attached hydrogen (secondary N) is 1. The Hall–Kier alpha value is -2.20. The van der Waals surface area contributed by atoms with Crippen LogP contribution in [0.1, 0.15) is 35.8 Å². The van der Waals surface area contributed by atoms with Crippen LogP contribution < -0.4 is 5.32 Å². The third-order valence-corrected chi connectivity index (χ3v) is 4.64. The van der Waals surface area contributed by atoms with Gasteiger partial charge in [0, 0.05) is 25.2 Å². The van der Waals surface area contributed by atoms with Crippen molar-refractivity contribution in [1.82, 2.24) is 19.9 Å². The summed E-state index contributed by atoms with van der Waals surface area (Å²) in [5.74, 6) is 1.12. The predicted octanol–water partition coefficient (Wildman–Crippen LogP) is 3.26. The van der Waals surface area contributed by atoms with Gasteiger partial charge < -0.3 is 9.88 Å². The summed E-state index contributed by atoms with van der Waals surface area (Å²) in [6.45, 7) is 4.24. The minimum Gasteiger partial charge on any atom is -0.315 e. The second kappa shape index (κ2) is 6.13. The maximum absolute atomic E-state index is 4.88. The molecule has 118 valence electrons. The summed E-state index contributed by atoms with van der Waals surface area (Å²) in [5.41, 5.74) is 4.61. The summed E-state index contributed by atoms with van der Waals surface area (Å²) in [6.07, 6.45) is 5.12. The quantitative estimate of drug-likeness (QED) is 0.807. The number of imidazole rings is 1. The highest BCUT2D eigenvalue weighted by atomic mass is 15.2. The molecule has 1 atom stereocenters. The van der Waals surface area contributed by atoms with Crippen molar-refractivity contribution < 1.29 is 0 Å². The summed E-state index contributed by atoms with van der Waals surface area (Å²) in [6, 6.07) is 13.2. The molecule has 0 radical (unpaired) electrons. The number of aromatic nitrogens is 3. The molecular weight excluding hydrogens is 284 g/mol. The summed E-state index contributed by atoms with van der Waals surface area (Å²) in [5, 5.41) is 3.51. The fraction of sp³-hybridized carbons (Fsp3) is 0.368. The highest BCUT2D eigenvalue weighted by molar-refractivity contribution is 5.71. The van der Waals surface area contributed by atoms with E-state index in [-0.39, 0.29) is 0 Å². The van der Waals surface area contributed by atoms with E-state index in [0.29, 0.717) is 6.04 Å². The molecule has 1 aliphatic heterocycles. The Morgan fingerprint density at radius 1 is 1.22 bits per heavy atom. The second-order valence-corrected chi connectivity index (χ2v) is 6.41. The van der Waals surface area contributed by atoms with Crippen LogP contribution in [0.5, 0.6) is 0 Å². The van der Waals surface area contributed by atoms with Crippen LogP contribution >= 0.6 is 0 Å². The maximum Gasteiger partial charge on any atom is 0.160 e. The van der Waals surface area contributed by atoms with E-state index in [4.69, 9.17) is 4.98 Å². The van der Waals surface area contributed by atoms with Crippen molar-refractivity contribution in [1.29, 1.82) is 0 Å². The second-order valence-electron chi connectivity index (χ2n) is 6.41. The van der Waals surface area contributed by atoms with E-state index < -0.39 is 0 Å². The largest absolute Gasteiger partial charge is 0.315 e. The molecular formula is C19H22N4. The Kier molecular flexibility index (Phi) is 3.83. The SMILES string of the molecule is Cc1ccc(Cc2nc3cccnc3n2C2CCCNC2)cc1. The first-order valence-electron chi connectivity index (χ1n) is 8.39. The van der Waals surface area contributed by atoms with Crippen molar-refractivity contribution in [2.75, 3.05) is 13.1 Å². The number of hydrogen-bond donors (Lipinski definition) is 1. The van der Waals surface area contributed by atoms with Gasteiger partial charge in [0.1, 0.15) is 11.3 Å². The molecule has 23 heavy (non-hydrogen) atoms. The van der Waals surface area contributed by atoms with E-state index in [2.05, 4.69) is 52.1 Å². The van der Waals surface area contributed by atoms with Gasteiger partial charge in [-0.3, -0.25) is 0 Å². The molecule has 4 rings (SSSR count). The van der Waals surface area contributed by atoms with Crippen molar-refractivity contribution >= 4 is 11.2 Å². The average molecular weight is 306 g/mol. The highest BCUT2D eigenvalue weighted by Crippen LogP contribution is 2.25. The molecule has 0 bridgehead atoms. The lowest BCUT2D eigenvalue weighted by Gasteiger charge is -2.26. The van der Waals surface area contributed by atoms with Crippen LogP contribution in [0.25, 0.3) is 11.2 Å². The first-order chi connectivity index (χ1) is 11.3. The van der Waals surface area contributed by atoms with Crippen LogP contribution in [0.3, 0.4) is 0 Å². The number of nitrogens with zero attached hydrogens (tertiary/aromatic N) is 3. The Labute approximate surface area is 136 Å². The van der Waals surface area contributed by atoms with E-state index in [9.17, 15) is 0 Å². The molecule has 1 fully saturated rings. The number of piperidine rings is 1. The zero-order chi connectivity index (χ0) is 15.6. The lowest BCUT2D eigenvalue weighted by atomic mass is 10.1. The van der Waals surface area contributed by atoms with E-state index in [1.165, 1.54) is 24.0 Å². The summed E-state index contributed by atoms with van der Waals surface area (Å²) in [4.78, 5) is 9.48. The van der Waals surface area contributed by atoms with Crippen LogP contribution in [0.2, 0.25) is 0 Å². The number of fused-ring (bicyclic) bond motifs is 1. The van der Waals surface area contributed by atoms with Crippen molar-refractivity contribution in [3.05, 3.63) is 59.5 Å². The monoisotopic (exact) mass is 306 g/mol. The third-order valence-electron chi connectivity index (χ3n) is 4.64. The molecule has 2 aromatic heterocycles. The van der Waals surface area contributed by atoms with Gasteiger partial charge in [0.05, 0.1) is 0 Å². The molecule has 0 spiro atoms. The third kappa shape index (κ3) is 2.86. The summed E-state index contributed by atoms with van der Waals surface area (Å²) in [7, 11) is 0. The molecule has 0 saturated carbocycles. The molecule has 0 amide bonds. The Balaban J connectivity index is 1.76. The normalized spacial score (nSPS) is 18.4. The topological polar surface area (TPSA) is 42.7 Å². The van der Waals surface area contributed by atoms with Crippen molar-refractivity contribution in [2.45, 2.75) is 32.2 Å². The lowest BCUT2D eigenvalue weighted by molar-refractivity contribution is 0.370. The van der Waals surface area contributed by atoms with Crippen molar-refractivity contribution in [2.24, 2.45) is 0 Å². The number of aryl methyl sites for hydroxylation is 1. The van der Waals surface area contributed by atoms with E-state index >= 15 is 0 Å². The zero-order valence-electron chi connectivity index (χ0n) is 13.5. The summed E-state index contributed by atoms with van der Waals surface area (Å²) >= 11 is 0. The maximum atomic E-state index is 4.88. The van der Waals surface area contributed by atoms with Gasteiger partial charge in [-0.2, -0.15) is 0 Å². The van der Waals surface area contributed by atoms with Gasteiger partial charge >= 0.3 is 0 Å². The van der Waals surface area contributed by atoms with Crippen molar-refractivity contribution in [3.8, 4) is 0 Å². The fourth-order valence-corrected chi connectivity index (χ4v) is 3.43. The van der Waals surface area contributed by atoms with Crippen LogP contribution in [-0.2, 0) is 6.42 Å². The molecule has 0 aliphatic carbocycles. The van der Waals surface area contributed by atoms with Gasteiger partial charge in [0.15, 0.2) is 5.65 Å². The highest BCUT2D eigenvalue weighted by Gasteiger charge is 2.21.